The summed E-state index contributed by atoms with van der Waals surface area (Å²) in [4.78, 5) is 2.10. The van der Waals surface area contributed by atoms with Gasteiger partial charge in [-0.2, -0.15) is 0 Å². The van der Waals surface area contributed by atoms with Crippen LogP contribution in [0.25, 0.3) is 12.2 Å². The van der Waals surface area contributed by atoms with Gasteiger partial charge >= 0.3 is 0 Å². The standard InChI is InChI=1S/C20H21N/c1-21(2)20-16-14-19(15-17-20)13-7-4-3-6-10-18-11-8-5-9-12-18/h3-17H,1-2H3/b4-3+,10-6-,13-7+. The van der Waals surface area contributed by atoms with E-state index in [1.165, 1.54) is 16.8 Å². The normalized spacial score (nSPS) is 11.7. The van der Waals surface area contributed by atoms with Crippen molar-refractivity contribution in [2.75, 3.05) is 19.0 Å². The summed E-state index contributed by atoms with van der Waals surface area (Å²) in [5.74, 6) is 0. The zero-order valence-corrected chi connectivity index (χ0v) is 12.6. The molecule has 0 N–H and O–H groups in total. The predicted molar refractivity (Wildman–Crippen MR) is 94.4 cm³/mol. The van der Waals surface area contributed by atoms with E-state index in [9.17, 15) is 0 Å². The Hall–Kier alpha value is -2.54. The first-order valence-corrected chi connectivity index (χ1v) is 7.09. The molecular weight excluding hydrogens is 254 g/mol. The molecule has 0 spiro atoms. The molecule has 0 bridgehead atoms. The maximum absolute atomic E-state index is 2.12. The smallest absolute Gasteiger partial charge is 0.0361 e. The summed E-state index contributed by atoms with van der Waals surface area (Å²) < 4.78 is 0. The van der Waals surface area contributed by atoms with Gasteiger partial charge in [-0.25, -0.2) is 0 Å². The highest BCUT2D eigenvalue weighted by atomic mass is 15.1. The van der Waals surface area contributed by atoms with Crippen LogP contribution < -0.4 is 4.90 Å². The second-order valence-corrected chi connectivity index (χ2v) is 5.00. The lowest BCUT2D eigenvalue weighted by molar-refractivity contribution is 1.13. The van der Waals surface area contributed by atoms with Crippen LogP contribution in [0.2, 0.25) is 0 Å². The maximum atomic E-state index is 2.12. The molecule has 2 aromatic rings. The molecule has 2 rings (SSSR count). The highest BCUT2D eigenvalue weighted by Crippen LogP contribution is 2.13. The third kappa shape index (κ3) is 5.15. The molecule has 0 aliphatic rings. The zero-order chi connectivity index (χ0) is 14.9. The van der Waals surface area contributed by atoms with Crippen LogP contribution in [0, 0.1) is 0 Å². The fourth-order valence-electron chi connectivity index (χ4n) is 1.91. The lowest BCUT2D eigenvalue weighted by Crippen LogP contribution is -2.07. The average molecular weight is 275 g/mol. The quantitative estimate of drug-likeness (QED) is 0.691. The van der Waals surface area contributed by atoms with Crippen LogP contribution in [-0.4, -0.2) is 14.1 Å². The number of allylic oxidation sites excluding steroid dienone is 4. The van der Waals surface area contributed by atoms with Crippen molar-refractivity contribution >= 4 is 17.8 Å². The van der Waals surface area contributed by atoms with Gasteiger partial charge in [0.1, 0.15) is 0 Å². The SMILES string of the molecule is CN(C)c1ccc(/C=C/C=C/C=C\c2ccccc2)cc1. The lowest BCUT2D eigenvalue weighted by atomic mass is 10.2. The van der Waals surface area contributed by atoms with Crippen molar-refractivity contribution in [3.8, 4) is 0 Å². The van der Waals surface area contributed by atoms with Gasteiger partial charge in [-0.15, -0.1) is 0 Å². The van der Waals surface area contributed by atoms with Crippen LogP contribution in [0.15, 0.2) is 78.9 Å². The molecule has 1 nitrogen and oxygen atoms in total. The molecule has 0 fully saturated rings. The second kappa shape index (κ2) is 7.91. The summed E-state index contributed by atoms with van der Waals surface area (Å²) in [5.41, 5.74) is 3.64. The highest BCUT2D eigenvalue weighted by molar-refractivity contribution is 5.57. The van der Waals surface area contributed by atoms with Crippen molar-refractivity contribution in [3.63, 3.8) is 0 Å². The molecule has 0 saturated carbocycles. The highest BCUT2D eigenvalue weighted by Gasteiger charge is 1.92. The summed E-state index contributed by atoms with van der Waals surface area (Å²) in [6.45, 7) is 0. The summed E-state index contributed by atoms with van der Waals surface area (Å²) in [5, 5.41) is 0. The lowest BCUT2D eigenvalue weighted by Gasteiger charge is -2.11. The molecule has 0 aliphatic carbocycles. The second-order valence-electron chi connectivity index (χ2n) is 5.00. The van der Waals surface area contributed by atoms with Crippen LogP contribution in [0.5, 0.6) is 0 Å². The van der Waals surface area contributed by atoms with Crippen LogP contribution in [0.4, 0.5) is 5.69 Å². The number of nitrogens with zero attached hydrogens (tertiary/aromatic N) is 1. The third-order valence-electron chi connectivity index (χ3n) is 3.12. The molecule has 0 saturated heterocycles. The Bertz CT molecular complexity index is 617. The number of hydrogen-bond acceptors (Lipinski definition) is 1. The van der Waals surface area contributed by atoms with E-state index in [1.807, 2.05) is 44.4 Å². The Morgan fingerprint density at radius 1 is 0.619 bits per heavy atom. The monoisotopic (exact) mass is 275 g/mol. The van der Waals surface area contributed by atoms with Gasteiger partial charge in [-0.05, 0) is 23.3 Å². The van der Waals surface area contributed by atoms with Crippen LogP contribution in [-0.2, 0) is 0 Å². The Morgan fingerprint density at radius 2 is 1.14 bits per heavy atom. The first-order chi connectivity index (χ1) is 10.3. The van der Waals surface area contributed by atoms with Gasteiger partial charge in [0.05, 0.1) is 0 Å². The summed E-state index contributed by atoms with van der Waals surface area (Å²) in [7, 11) is 4.10. The largest absolute Gasteiger partial charge is 0.378 e. The van der Waals surface area contributed by atoms with E-state index in [4.69, 9.17) is 0 Å². The van der Waals surface area contributed by atoms with Crippen molar-refractivity contribution in [3.05, 3.63) is 90.0 Å². The van der Waals surface area contributed by atoms with Gasteiger partial charge in [-0.3, -0.25) is 0 Å². The van der Waals surface area contributed by atoms with Crippen molar-refractivity contribution in [1.82, 2.24) is 0 Å². The Balaban J connectivity index is 1.87. The zero-order valence-electron chi connectivity index (χ0n) is 12.6. The Morgan fingerprint density at radius 3 is 1.67 bits per heavy atom. The van der Waals surface area contributed by atoms with Crippen LogP contribution in [0.3, 0.4) is 0 Å². The molecule has 0 atom stereocenters. The molecular formula is C20H21N. The van der Waals surface area contributed by atoms with E-state index >= 15 is 0 Å². The number of anilines is 1. The Labute approximate surface area is 127 Å². The molecule has 1 heteroatoms. The van der Waals surface area contributed by atoms with Crippen LogP contribution in [0.1, 0.15) is 11.1 Å². The fraction of sp³-hybridized carbons (Fsp3) is 0.100. The fourth-order valence-corrected chi connectivity index (χ4v) is 1.91. The van der Waals surface area contributed by atoms with E-state index in [0.717, 1.165) is 0 Å². The van der Waals surface area contributed by atoms with Gasteiger partial charge in [-0.1, -0.05) is 78.9 Å². The molecule has 21 heavy (non-hydrogen) atoms. The first kappa shape index (κ1) is 14.9. The van der Waals surface area contributed by atoms with Crippen molar-refractivity contribution in [2.45, 2.75) is 0 Å². The van der Waals surface area contributed by atoms with Gasteiger partial charge < -0.3 is 4.90 Å². The van der Waals surface area contributed by atoms with E-state index in [0.29, 0.717) is 0 Å². The first-order valence-electron chi connectivity index (χ1n) is 7.09. The third-order valence-corrected chi connectivity index (χ3v) is 3.12. The molecule has 2 aromatic carbocycles. The number of benzene rings is 2. The van der Waals surface area contributed by atoms with E-state index < -0.39 is 0 Å². The summed E-state index contributed by atoms with van der Waals surface area (Å²) >= 11 is 0. The topological polar surface area (TPSA) is 3.24 Å². The molecule has 0 radical (unpaired) electrons. The van der Waals surface area contributed by atoms with Gasteiger partial charge in [0.25, 0.3) is 0 Å². The molecule has 0 heterocycles. The molecule has 106 valence electrons. The predicted octanol–water partition coefficient (Wildman–Crippen LogP) is 5.04. The minimum atomic E-state index is 1.21. The van der Waals surface area contributed by atoms with E-state index in [2.05, 4.69) is 65.6 Å². The van der Waals surface area contributed by atoms with Crippen molar-refractivity contribution in [2.24, 2.45) is 0 Å². The van der Waals surface area contributed by atoms with Crippen LogP contribution >= 0.6 is 0 Å². The molecule has 0 aliphatic heterocycles. The Kier molecular flexibility index (Phi) is 5.60. The molecule has 0 aromatic heterocycles. The summed E-state index contributed by atoms with van der Waals surface area (Å²) in [6.07, 6.45) is 12.4. The van der Waals surface area contributed by atoms with Gasteiger partial charge in [0.2, 0.25) is 0 Å². The summed E-state index contributed by atoms with van der Waals surface area (Å²) in [6, 6.07) is 18.8. The van der Waals surface area contributed by atoms with Gasteiger partial charge in [0.15, 0.2) is 0 Å². The van der Waals surface area contributed by atoms with E-state index in [1.54, 1.807) is 0 Å². The minimum Gasteiger partial charge on any atom is -0.378 e. The molecule has 0 unspecified atom stereocenters. The molecule has 0 amide bonds. The van der Waals surface area contributed by atoms with Gasteiger partial charge in [0, 0.05) is 19.8 Å². The number of rotatable bonds is 5. The minimum absolute atomic E-state index is 1.21. The number of hydrogen-bond donors (Lipinski definition) is 0. The maximum Gasteiger partial charge on any atom is 0.0361 e. The average Bonchev–Trinajstić information content (AvgIpc) is 2.52. The van der Waals surface area contributed by atoms with E-state index in [-0.39, 0.29) is 0 Å². The van der Waals surface area contributed by atoms with Crippen molar-refractivity contribution in [1.29, 1.82) is 0 Å². The van der Waals surface area contributed by atoms with Crippen molar-refractivity contribution < 1.29 is 0 Å².